The molecule has 0 unspecified atom stereocenters. The topological polar surface area (TPSA) is 64.4 Å². The van der Waals surface area contributed by atoms with E-state index in [0.29, 0.717) is 25.9 Å². The largest absolute Gasteiger partial charge is 0.300 e. The van der Waals surface area contributed by atoms with Crippen LogP contribution < -0.4 is 0 Å². The third-order valence-corrected chi connectivity index (χ3v) is 6.56. The van der Waals surface area contributed by atoms with Crippen LogP contribution in [0.5, 0.6) is 0 Å². The Kier molecular flexibility index (Phi) is 6.18. The van der Waals surface area contributed by atoms with Crippen molar-refractivity contribution in [3.63, 3.8) is 0 Å². The van der Waals surface area contributed by atoms with Crippen LogP contribution >= 0.6 is 11.3 Å². The molecule has 0 atom stereocenters. The van der Waals surface area contributed by atoms with E-state index in [0.717, 1.165) is 26.1 Å². The summed E-state index contributed by atoms with van der Waals surface area (Å²) >= 11 is 1.77. The van der Waals surface area contributed by atoms with Crippen LogP contribution in [-0.2, 0) is 16.4 Å². The minimum atomic E-state index is -3.18. The molecule has 0 aliphatic carbocycles. The summed E-state index contributed by atoms with van der Waals surface area (Å²) in [6.07, 6.45) is 1.77. The van der Waals surface area contributed by atoms with Crippen molar-refractivity contribution in [2.24, 2.45) is 0 Å². The number of thiophene rings is 1. The van der Waals surface area contributed by atoms with E-state index in [1.54, 1.807) is 15.6 Å². The quantitative estimate of drug-likeness (QED) is 0.713. The lowest BCUT2D eigenvalue weighted by atomic mass is 10.3. The van der Waals surface area contributed by atoms with Crippen LogP contribution in [0.2, 0.25) is 0 Å². The van der Waals surface area contributed by atoms with Gasteiger partial charge in [0.25, 0.3) is 0 Å². The van der Waals surface area contributed by atoms with Crippen molar-refractivity contribution < 1.29 is 8.42 Å². The molecule has 1 aliphatic rings. The molecule has 2 heterocycles. The fourth-order valence-electron chi connectivity index (χ4n) is 2.42. The number of unbranched alkanes of at least 4 members (excludes halogenated alkanes) is 1. The lowest BCUT2D eigenvalue weighted by Crippen LogP contribution is -2.49. The van der Waals surface area contributed by atoms with Crippen molar-refractivity contribution in [1.29, 1.82) is 5.26 Å². The van der Waals surface area contributed by atoms with Gasteiger partial charge in [-0.15, -0.1) is 11.3 Å². The number of nitriles is 1. The molecule has 1 fully saturated rings. The molecule has 116 valence electrons. The van der Waals surface area contributed by atoms with Crippen LogP contribution in [-0.4, -0.2) is 56.1 Å². The molecule has 0 bridgehead atoms. The molecule has 21 heavy (non-hydrogen) atoms. The first-order chi connectivity index (χ1) is 10.1. The molecule has 0 amide bonds. The van der Waals surface area contributed by atoms with Crippen LogP contribution in [0, 0.1) is 11.3 Å². The highest BCUT2D eigenvalue weighted by atomic mass is 32.2. The standard InChI is InChI=1S/C14H21N3O2S2/c15-6-1-2-13-21(18,19)17-10-8-16(9-11-17)7-5-14-4-3-12-20-14/h3-4,12H,1-2,5,7-11,13H2. The van der Waals surface area contributed by atoms with E-state index >= 15 is 0 Å². The van der Waals surface area contributed by atoms with E-state index in [9.17, 15) is 8.42 Å². The fourth-order valence-corrected chi connectivity index (χ4v) is 4.60. The minimum Gasteiger partial charge on any atom is -0.300 e. The molecular formula is C14H21N3O2S2. The summed E-state index contributed by atoms with van der Waals surface area (Å²) in [7, 11) is -3.18. The van der Waals surface area contributed by atoms with Crippen LogP contribution in [0.15, 0.2) is 17.5 Å². The van der Waals surface area contributed by atoms with E-state index in [-0.39, 0.29) is 5.75 Å². The zero-order valence-corrected chi connectivity index (χ0v) is 13.7. The third-order valence-electron chi connectivity index (χ3n) is 3.67. The molecule has 1 saturated heterocycles. The smallest absolute Gasteiger partial charge is 0.214 e. The van der Waals surface area contributed by atoms with Crippen LogP contribution in [0.1, 0.15) is 17.7 Å². The second-order valence-corrected chi connectivity index (χ2v) is 8.27. The first kappa shape index (κ1) is 16.4. The Balaban J connectivity index is 1.73. The predicted octanol–water partition coefficient (Wildman–Crippen LogP) is 1.54. The van der Waals surface area contributed by atoms with Crippen LogP contribution in [0.25, 0.3) is 0 Å². The number of rotatable bonds is 7. The van der Waals surface area contributed by atoms with Gasteiger partial charge in [-0.25, -0.2) is 8.42 Å². The summed E-state index contributed by atoms with van der Waals surface area (Å²) in [5.41, 5.74) is 0. The molecule has 0 aromatic carbocycles. The Bertz CT molecular complexity index is 556. The zero-order chi connectivity index (χ0) is 15.1. The Morgan fingerprint density at radius 1 is 1.29 bits per heavy atom. The van der Waals surface area contributed by atoms with Gasteiger partial charge in [-0.1, -0.05) is 6.07 Å². The second kappa shape index (κ2) is 7.90. The van der Waals surface area contributed by atoms with Crippen molar-refractivity contribution >= 4 is 21.4 Å². The molecule has 0 N–H and O–H groups in total. The number of hydrogen-bond acceptors (Lipinski definition) is 5. The summed E-state index contributed by atoms with van der Waals surface area (Å²) in [5, 5.41) is 10.6. The van der Waals surface area contributed by atoms with Gasteiger partial charge in [0.05, 0.1) is 11.8 Å². The summed E-state index contributed by atoms with van der Waals surface area (Å²) in [6.45, 7) is 3.72. The third kappa shape index (κ3) is 5.08. The van der Waals surface area contributed by atoms with Gasteiger partial charge in [0, 0.05) is 44.0 Å². The Hall–Kier alpha value is -0.940. The van der Waals surface area contributed by atoms with Gasteiger partial charge >= 0.3 is 0 Å². The van der Waals surface area contributed by atoms with Crippen molar-refractivity contribution in [3.8, 4) is 6.07 Å². The second-order valence-electron chi connectivity index (χ2n) is 5.15. The van der Waals surface area contributed by atoms with Crippen molar-refractivity contribution in [2.45, 2.75) is 19.3 Å². The van der Waals surface area contributed by atoms with E-state index in [4.69, 9.17) is 5.26 Å². The number of piperazine rings is 1. The van der Waals surface area contributed by atoms with Gasteiger partial charge in [0.1, 0.15) is 0 Å². The lowest BCUT2D eigenvalue weighted by molar-refractivity contribution is 0.190. The summed E-state index contributed by atoms with van der Waals surface area (Å²) in [6, 6.07) is 6.19. The molecule has 1 aromatic heterocycles. The highest BCUT2D eigenvalue weighted by Crippen LogP contribution is 2.13. The molecule has 2 rings (SSSR count). The van der Waals surface area contributed by atoms with Gasteiger partial charge in [-0.3, -0.25) is 0 Å². The molecule has 0 saturated carbocycles. The number of hydrogen-bond donors (Lipinski definition) is 0. The Labute approximate surface area is 130 Å². The summed E-state index contributed by atoms with van der Waals surface area (Å²) < 4.78 is 25.8. The highest BCUT2D eigenvalue weighted by Gasteiger charge is 2.26. The Morgan fingerprint density at radius 3 is 2.67 bits per heavy atom. The van der Waals surface area contributed by atoms with E-state index in [1.165, 1.54) is 4.88 Å². The maximum Gasteiger partial charge on any atom is 0.214 e. The number of sulfonamides is 1. The molecule has 1 aliphatic heterocycles. The normalized spacial score (nSPS) is 17.7. The highest BCUT2D eigenvalue weighted by molar-refractivity contribution is 7.89. The fraction of sp³-hybridized carbons (Fsp3) is 0.643. The number of nitrogens with zero attached hydrogens (tertiary/aromatic N) is 3. The van der Waals surface area contributed by atoms with Crippen molar-refractivity contribution in [3.05, 3.63) is 22.4 Å². The van der Waals surface area contributed by atoms with Gasteiger partial charge in [0.2, 0.25) is 10.0 Å². The molecule has 0 spiro atoms. The van der Waals surface area contributed by atoms with Gasteiger partial charge in [0.15, 0.2) is 0 Å². The molecule has 5 nitrogen and oxygen atoms in total. The van der Waals surface area contributed by atoms with E-state index in [2.05, 4.69) is 22.4 Å². The maximum atomic E-state index is 12.1. The molecular weight excluding hydrogens is 306 g/mol. The average Bonchev–Trinajstić information content (AvgIpc) is 2.99. The van der Waals surface area contributed by atoms with E-state index in [1.807, 2.05) is 6.07 Å². The molecule has 1 aromatic rings. The maximum absolute atomic E-state index is 12.1. The average molecular weight is 327 g/mol. The minimum absolute atomic E-state index is 0.0930. The van der Waals surface area contributed by atoms with Crippen molar-refractivity contribution in [2.75, 3.05) is 38.5 Å². The monoisotopic (exact) mass is 327 g/mol. The summed E-state index contributed by atoms with van der Waals surface area (Å²) in [5.74, 6) is 0.0930. The lowest BCUT2D eigenvalue weighted by Gasteiger charge is -2.33. The first-order valence-electron chi connectivity index (χ1n) is 7.21. The summed E-state index contributed by atoms with van der Waals surface area (Å²) in [4.78, 5) is 3.70. The Morgan fingerprint density at radius 2 is 2.05 bits per heavy atom. The van der Waals surface area contributed by atoms with Crippen molar-refractivity contribution in [1.82, 2.24) is 9.21 Å². The predicted molar refractivity (Wildman–Crippen MR) is 84.7 cm³/mol. The van der Waals surface area contributed by atoms with Crippen LogP contribution in [0.3, 0.4) is 0 Å². The van der Waals surface area contributed by atoms with Crippen LogP contribution in [0.4, 0.5) is 0 Å². The molecule has 0 radical (unpaired) electrons. The van der Waals surface area contributed by atoms with E-state index < -0.39 is 10.0 Å². The first-order valence-corrected chi connectivity index (χ1v) is 9.70. The molecule has 7 heteroatoms. The van der Waals surface area contributed by atoms with Gasteiger partial charge in [-0.05, 0) is 24.3 Å². The van der Waals surface area contributed by atoms with Gasteiger partial charge < -0.3 is 4.90 Å². The zero-order valence-electron chi connectivity index (χ0n) is 12.1. The SMILES string of the molecule is N#CCCCS(=O)(=O)N1CCN(CCc2cccs2)CC1. The van der Waals surface area contributed by atoms with Gasteiger partial charge in [-0.2, -0.15) is 9.57 Å².